The van der Waals surface area contributed by atoms with Gasteiger partial charge in [0.15, 0.2) is 10.8 Å². The molecule has 1 fully saturated rings. The normalized spacial score (nSPS) is 16.8. The van der Waals surface area contributed by atoms with Gasteiger partial charge < -0.3 is 9.47 Å². The maximum atomic E-state index is 5.60. The predicted octanol–water partition coefficient (Wildman–Crippen LogP) is 2.92. The van der Waals surface area contributed by atoms with Gasteiger partial charge in [-0.15, -0.1) is 10.2 Å². The van der Waals surface area contributed by atoms with Gasteiger partial charge in [0.2, 0.25) is 11.3 Å². The van der Waals surface area contributed by atoms with Gasteiger partial charge in [0.05, 0.1) is 0 Å². The molecule has 0 aromatic carbocycles. The predicted molar refractivity (Wildman–Crippen MR) is 75.9 cm³/mol. The molecule has 0 N–H and O–H groups in total. The van der Waals surface area contributed by atoms with Crippen molar-refractivity contribution in [3.8, 4) is 0 Å². The number of nitrogens with zero attached hydrogens (tertiary/aromatic N) is 4. The Balaban J connectivity index is 1.89. The fourth-order valence-corrected chi connectivity index (χ4v) is 3.52. The molecule has 0 spiro atoms. The molecule has 2 heterocycles. The summed E-state index contributed by atoms with van der Waals surface area (Å²) in [6.45, 7) is 5.10. The number of ether oxygens (including phenoxy) is 2. The van der Waals surface area contributed by atoms with E-state index in [0.717, 1.165) is 15.8 Å². The number of rotatable bonds is 6. The molecule has 0 atom stereocenters. The Hall–Kier alpha value is -1.05. The first kappa shape index (κ1) is 13.9. The summed E-state index contributed by atoms with van der Waals surface area (Å²) in [5.74, 6) is 1.49. The highest BCUT2D eigenvalue weighted by Gasteiger charge is 2.26. The Labute approximate surface area is 122 Å². The second-order valence-corrected chi connectivity index (χ2v) is 5.90. The number of fused-ring (bicyclic) bond motifs is 1. The van der Waals surface area contributed by atoms with Crippen LogP contribution in [0.3, 0.4) is 0 Å². The molecule has 3 rings (SSSR count). The third-order valence-corrected chi connectivity index (χ3v) is 4.51. The molecule has 0 bridgehead atoms. The number of hydrogen-bond acceptors (Lipinski definition) is 6. The fraction of sp³-hybridized carbons (Fsp3) is 0.769. The molecule has 0 amide bonds. The molecule has 1 saturated carbocycles. The molecular weight excluding hydrogens is 276 g/mol. The van der Waals surface area contributed by atoms with Crippen LogP contribution in [0.5, 0.6) is 0 Å². The van der Waals surface area contributed by atoms with Gasteiger partial charge in [-0.2, -0.15) is 9.61 Å². The van der Waals surface area contributed by atoms with Crippen LogP contribution in [0.4, 0.5) is 0 Å². The lowest BCUT2D eigenvalue weighted by Gasteiger charge is -2.13. The molecular formula is C13H20N4O2S. The quantitative estimate of drug-likeness (QED) is 0.767. The highest BCUT2D eigenvalue weighted by atomic mass is 32.1. The standard InChI is InChI=1S/C13H20N4O2S/c1-3-18-12(19-4-2)11-16-17-10(9-7-5-6-8-9)14-15-13(17)20-11/h9,12H,3-8H2,1-2H3. The van der Waals surface area contributed by atoms with Gasteiger partial charge in [0.25, 0.3) is 0 Å². The van der Waals surface area contributed by atoms with Crippen molar-refractivity contribution in [2.75, 3.05) is 13.2 Å². The van der Waals surface area contributed by atoms with Crippen LogP contribution in [-0.2, 0) is 9.47 Å². The molecule has 110 valence electrons. The average molecular weight is 296 g/mol. The lowest BCUT2D eigenvalue weighted by molar-refractivity contribution is -0.140. The van der Waals surface area contributed by atoms with Crippen LogP contribution < -0.4 is 0 Å². The Morgan fingerprint density at radius 1 is 1.20 bits per heavy atom. The van der Waals surface area contributed by atoms with Crippen LogP contribution >= 0.6 is 11.3 Å². The van der Waals surface area contributed by atoms with Crippen LogP contribution in [-0.4, -0.2) is 33.0 Å². The monoisotopic (exact) mass is 296 g/mol. The molecule has 1 aliphatic rings. The summed E-state index contributed by atoms with van der Waals surface area (Å²) in [5.41, 5.74) is 0. The second kappa shape index (κ2) is 6.15. The van der Waals surface area contributed by atoms with E-state index in [1.807, 2.05) is 18.4 Å². The highest BCUT2D eigenvalue weighted by Crippen LogP contribution is 2.34. The van der Waals surface area contributed by atoms with Crippen molar-refractivity contribution in [2.45, 2.75) is 51.7 Å². The van der Waals surface area contributed by atoms with Crippen LogP contribution in [0.2, 0.25) is 0 Å². The van der Waals surface area contributed by atoms with E-state index in [1.165, 1.54) is 37.0 Å². The SMILES string of the molecule is CCOC(OCC)c1nn2c(C3CCCC3)nnc2s1. The van der Waals surface area contributed by atoms with E-state index >= 15 is 0 Å². The van der Waals surface area contributed by atoms with Crippen LogP contribution in [0.15, 0.2) is 0 Å². The van der Waals surface area contributed by atoms with Crippen molar-refractivity contribution in [2.24, 2.45) is 0 Å². The summed E-state index contributed by atoms with van der Waals surface area (Å²) in [7, 11) is 0. The van der Waals surface area contributed by atoms with Gasteiger partial charge in [0, 0.05) is 19.1 Å². The zero-order valence-corrected chi connectivity index (χ0v) is 12.7. The molecule has 0 radical (unpaired) electrons. The minimum Gasteiger partial charge on any atom is -0.347 e. The van der Waals surface area contributed by atoms with Crippen molar-refractivity contribution in [1.29, 1.82) is 0 Å². The molecule has 6 nitrogen and oxygen atoms in total. The molecule has 2 aromatic heterocycles. The summed E-state index contributed by atoms with van der Waals surface area (Å²) in [6, 6.07) is 0. The molecule has 7 heteroatoms. The molecule has 0 saturated heterocycles. The lowest BCUT2D eigenvalue weighted by Crippen LogP contribution is -2.10. The second-order valence-electron chi connectivity index (χ2n) is 4.92. The first-order valence-electron chi connectivity index (χ1n) is 7.28. The number of aromatic nitrogens is 4. The minimum absolute atomic E-state index is 0.395. The van der Waals surface area contributed by atoms with Gasteiger partial charge in [-0.1, -0.05) is 24.2 Å². The van der Waals surface area contributed by atoms with Crippen LogP contribution in [0.1, 0.15) is 62.6 Å². The summed E-state index contributed by atoms with van der Waals surface area (Å²) in [6.07, 6.45) is 4.53. The van der Waals surface area contributed by atoms with Gasteiger partial charge in [-0.05, 0) is 26.7 Å². The van der Waals surface area contributed by atoms with E-state index in [0.29, 0.717) is 19.1 Å². The smallest absolute Gasteiger partial charge is 0.234 e. The van der Waals surface area contributed by atoms with Crippen molar-refractivity contribution in [3.63, 3.8) is 0 Å². The molecule has 0 unspecified atom stereocenters. The van der Waals surface area contributed by atoms with Crippen LogP contribution in [0, 0.1) is 0 Å². The molecule has 0 aliphatic heterocycles. The topological polar surface area (TPSA) is 61.5 Å². The third-order valence-electron chi connectivity index (χ3n) is 3.59. The fourth-order valence-electron chi connectivity index (χ4n) is 2.67. The average Bonchev–Trinajstić information content (AvgIpc) is 3.14. The van der Waals surface area contributed by atoms with E-state index in [-0.39, 0.29) is 0 Å². The van der Waals surface area contributed by atoms with E-state index in [1.54, 1.807) is 0 Å². The maximum absolute atomic E-state index is 5.60. The molecule has 2 aromatic rings. The molecule has 20 heavy (non-hydrogen) atoms. The zero-order valence-electron chi connectivity index (χ0n) is 11.9. The van der Waals surface area contributed by atoms with Gasteiger partial charge in [-0.25, -0.2) is 0 Å². The zero-order chi connectivity index (χ0) is 13.9. The lowest BCUT2D eigenvalue weighted by atomic mass is 10.1. The van der Waals surface area contributed by atoms with E-state index < -0.39 is 6.29 Å². The molecule has 1 aliphatic carbocycles. The van der Waals surface area contributed by atoms with Crippen molar-refractivity contribution in [1.82, 2.24) is 19.8 Å². The first-order chi connectivity index (χ1) is 9.83. The summed E-state index contributed by atoms with van der Waals surface area (Å²) < 4.78 is 13.1. The van der Waals surface area contributed by atoms with E-state index in [4.69, 9.17) is 9.47 Å². The van der Waals surface area contributed by atoms with Gasteiger partial charge in [0.1, 0.15) is 0 Å². The Bertz CT molecular complexity index is 556. The summed E-state index contributed by atoms with van der Waals surface area (Å²) in [5, 5.41) is 14.0. The van der Waals surface area contributed by atoms with E-state index in [2.05, 4.69) is 15.3 Å². The van der Waals surface area contributed by atoms with E-state index in [9.17, 15) is 0 Å². The summed E-state index contributed by atoms with van der Waals surface area (Å²) >= 11 is 1.49. The maximum Gasteiger partial charge on any atom is 0.234 e. The van der Waals surface area contributed by atoms with Gasteiger partial charge >= 0.3 is 0 Å². The van der Waals surface area contributed by atoms with Gasteiger partial charge in [-0.3, -0.25) is 0 Å². The minimum atomic E-state index is -0.395. The Morgan fingerprint density at radius 2 is 1.90 bits per heavy atom. The van der Waals surface area contributed by atoms with Crippen molar-refractivity contribution < 1.29 is 9.47 Å². The van der Waals surface area contributed by atoms with Crippen molar-refractivity contribution in [3.05, 3.63) is 10.8 Å². The number of hydrogen-bond donors (Lipinski definition) is 0. The first-order valence-corrected chi connectivity index (χ1v) is 8.10. The Morgan fingerprint density at radius 3 is 2.55 bits per heavy atom. The largest absolute Gasteiger partial charge is 0.347 e. The third kappa shape index (κ3) is 2.57. The summed E-state index contributed by atoms with van der Waals surface area (Å²) in [4.78, 5) is 0.825. The van der Waals surface area contributed by atoms with Crippen molar-refractivity contribution >= 4 is 16.3 Å². The Kier molecular flexibility index (Phi) is 4.28. The highest BCUT2D eigenvalue weighted by molar-refractivity contribution is 7.16. The van der Waals surface area contributed by atoms with Crippen LogP contribution in [0.25, 0.3) is 4.96 Å².